The molecule has 1 amide bonds. The van der Waals surface area contributed by atoms with Crippen molar-refractivity contribution in [2.75, 3.05) is 13.1 Å². The monoisotopic (exact) mass is 365 g/mol. The molecule has 0 radical (unpaired) electrons. The number of aromatic nitrogens is 4. The lowest BCUT2D eigenvalue weighted by Crippen LogP contribution is -2.39. The average molecular weight is 365 g/mol. The highest BCUT2D eigenvalue weighted by Gasteiger charge is 2.25. The van der Waals surface area contributed by atoms with Crippen molar-refractivity contribution in [1.82, 2.24) is 24.4 Å². The zero-order chi connectivity index (χ0) is 18.6. The summed E-state index contributed by atoms with van der Waals surface area (Å²) in [5, 5.41) is 0.614. The minimum absolute atomic E-state index is 0.0519. The predicted octanol–water partition coefficient (Wildman–Crippen LogP) is 2.31. The second-order valence-corrected chi connectivity index (χ2v) is 7.02. The molecule has 4 rings (SSSR count). The maximum absolute atomic E-state index is 12.6. The molecule has 140 valence electrons. The maximum atomic E-state index is 12.6. The number of piperidine rings is 1. The third-order valence-electron chi connectivity index (χ3n) is 5.20. The standard InChI is InChI=1S/C20H23N5O2/c26-18(24-11-3-5-15(13-24)19-21-9-10-22-19)8-4-12-25-14-23-17-7-2-1-6-16(17)20(25)27/h1-2,6-7,9-10,14-15H,3-5,8,11-13H2,(H,21,22). The Kier molecular flexibility index (Phi) is 5.00. The number of nitrogens with one attached hydrogen (secondary N) is 1. The van der Waals surface area contributed by atoms with Crippen molar-refractivity contribution in [3.8, 4) is 0 Å². The molecule has 0 saturated carbocycles. The van der Waals surface area contributed by atoms with E-state index in [4.69, 9.17) is 0 Å². The third-order valence-corrected chi connectivity index (χ3v) is 5.20. The molecule has 1 unspecified atom stereocenters. The van der Waals surface area contributed by atoms with Crippen LogP contribution in [-0.4, -0.2) is 43.4 Å². The molecular weight excluding hydrogens is 342 g/mol. The summed E-state index contributed by atoms with van der Waals surface area (Å²) in [5.41, 5.74) is 0.649. The first kappa shape index (κ1) is 17.5. The van der Waals surface area contributed by atoms with Crippen molar-refractivity contribution in [2.24, 2.45) is 0 Å². The Bertz CT molecular complexity index is 979. The number of rotatable bonds is 5. The molecule has 1 atom stereocenters. The smallest absolute Gasteiger partial charge is 0.261 e. The van der Waals surface area contributed by atoms with Crippen LogP contribution in [0, 0.1) is 0 Å². The molecular formula is C20H23N5O2. The molecule has 1 aromatic carbocycles. The molecule has 0 spiro atoms. The average Bonchev–Trinajstić information content (AvgIpc) is 3.25. The second kappa shape index (κ2) is 7.73. The number of hydrogen-bond acceptors (Lipinski definition) is 4. The fourth-order valence-electron chi connectivity index (χ4n) is 3.75. The lowest BCUT2D eigenvalue weighted by atomic mass is 9.97. The van der Waals surface area contributed by atoms with E-state index in [1.54, 1.807) is 23.2 Å². The molecule has 1 aliphatic heterocycles. The maximum Gasteiger partial charge on any atom is 0.261 e. The summed E-state index contributed by atoms with van der Waals surface area (Å²) in [7, 11) is 0. The highest BCUT2D eigenvalue weighted by molar-refractivity contribution is 5.77. The molecule has 1 saturated heterocycles. The van der Waals surface area contributed by atoms with E-state index >= 15 is 0 Å². The van der Waals surface area contributed by atoms with E-state index in [0.29, 0.717) is 36.8 Å². The van der Waals surface area contributed by atoms with E-state index in [0.717, 1.165) is 25.2 Å². The van der Waals surface area contributed by atoms with Crippen LogP contribution in [-0.2, 0) is 11.3 Å². The summed E-state index contributed by atoms with van der Waals surface area (Å²) in [6, 6.07) is 7.32. The van der Waals surface area contributed by atoms with Crippen LogP contribution >= 0.6 is 0 Å². The van der Waals surface area contributed by atoms with E-state index in [1.807, 2.05) is 29.3 Å². The van der Waals surface area contributed by atoms with Crippen LogP contribution in [0.5, 0.6) is 0 Å². The van der Waals surface area contributed by atoms with Crippen molar-refractivity contribution >= 4 is 16.8 Å². The van der Waals surface area contributed by atoms with Gasteiger partial charge in [-0.1, -0.05) is 12.1 Å². The van der Waals surface area contributed by atoms with Crippen LogP contribution in [0.15, 0.2) is 47.8 Å². The normalized spacial score (nSPS) is 17.3. The van der Waals surface area contributed by atoms with Gasteiger partial charge in [0.25, 0.3) is 5.56 Å². The summed E-state index contributed by atoms with van der Waals surface area (Å²) in [4.78, 5) is 38.8. The van der Waals surface area contributed by atoms with Crippen LogP contribution in [0.2, 0.25) is 0 Å². The quantitative estimate of drug-likeness (QED) is 0.752. The van der Waals surface area contributed by atoms with E-state index in [1.165, 1.54) is 0 Å². The molecule has 1 N–H and O–H groups in total. The fourth-order valence-corrected chi connectivity index (χ4v) is 3.75. The number of amides is 1. The Balaban J connectivity index is 1.34. The van der Waals surface area contributed by atoms with Gasteiger partial charge in [0.15, 0.2) is 0 Å². The van der Waals surface area contributed by atoms with Gasteiger partial charge in [0.2, 0.25) is 5.91 Å². The molecule has 1 aliphatic rings. The Morgan fingerprint density at radius 2 is 2.15 bits per heavy atom. The number of nitrogens with zero attached hydrogens (tertiary/aromatic N) is 4. The first-order valence-electron chi connectivity index (χ1n) is 9.43. The van der Waals surface area contributed by atoms with Crippen LogP contribution in [0.25, 0.3) is 10.9 Å². The number of aromatic amines is 1. The lowest BCUT2D eigenvalue weighted by molar-refractivity contribution is -0.132. The predicted molar refractivity (Wildman–Crippen MR) is 102 cm³/mol. The van der Waals surface area contributed by atoms with Gasteiger partial charge < -0.3 is 9.88 Å². The number of aryl methyl sites for hydroxylation is 1. The molecule has 1 fully saturated rings. The SMILES string of the molecule is O=C(CCCn1cnc2ccccc2c1=O)N1CCCC(c2ncc[nH]2)C1. The van der Waals surface area contributed by atoms with Gasteiger partial charge in [-0.15, -0.1) is 0 Å². The van der Waals surface area contributed by atoms with Crippen LogP contribution in [0.3, 0.4) is 0 Å². The fraction of sp³-hybridized carbons (Fsp3) is 0.400. The zero-order valence-electron chi connectivity index (χ0n) is 15.2. The minimum Gasteiger partial charge on any atom is -0.348 e. The zero-order valence-corrected chi connectivity index (χ0v) is 15.2. The van der Waals surface area contributed by atoms with Gasteiger partial charge in [-0.25, -0.2) is 9.97 Å². The first-order valence-corrected chi connectivity index (χ1v) is 9.43. The Morgan fingerprint density at radius 3 is 3.00 bits per heavy atom. The van der Waals surface area contributed by atoms with Gasteiger partial charge in [0.1, 0.15) is 5.82 Å². The van der Waals surface area contributed by atoms with Gasteiger partial charge in [-0.05, 0) is 31.4 Å². The molecule has 7 nitrogen and oxygen atoms in total. The van der Waals surface area contributed by atoms with Crippen molar-refractivity contribution in [3.63, 3.8) is 0 Å². The summed E-state index contributed by atoms with van der Waals surface area (Å²) < 4.78 is 1.59. The van der Waals surface area contributed by atoms with Crippen molar-refractivity contribution < 1.29 is 4.79 Å². The molecule has 3 aromatic rings. The summed E-state index contributed by atoms with van der Waals surface area (Å²) >= 11 is 0. The summed E-state index contributed by atoms with van der Waals surface area (Å²) in [5.74, 6) is 1.39. The van der Waals surface area contributed by atoms with E-state index in [9.17, 15) is 9.59 Å². The van der Waals surface area contributed by atoms with Gasteiger partial charge in [0.05, 0.1) is 17.2 Å². The minimum atomic E-state index is -0.0519. The van der Waals surface area contributed by atoms with Crippen molar-refractivity contribution in [2.45, 2.75) is 38.1 Å². The molecule has 7 heteroatoms. The highest BCUT2D eigenvalue weighted by atomic mass is 16.2. The number of carbonyl (C=O) groups excluding carboxylic acids is 1. The third kappa shape index (κ3) is 3.77. The molecule has 3 heterocycles. The largest absolute Gasteiger partial charge is 0.348 e. The Hall–Kier alpha value is -2.96. The van der Waals surface area contributed by atoms with E-state index < -0.39 is 0 Å². The molecule has 2 aromatic heterocycles. The number of para-hydroxylation sites is 1. The Labute approximate surface area is 157 Å². The molecule has 27 heavy (non-hydrogen) atoms. The van der Waals surface area contributed by atoms with Gasteiger partial charge in [0, 0.05) is 44.4 Å². The van der Waals surface area contributed by atoms with Gasteiger partial charge in [-0.2, -0.15) is 0 Å². The number of H-pyrrole nitrogens is 1. The number of benzene rings is 1. The number of fused-ring (bicyclic) bond motifs is 1. The topological polar surface area (TPSA) is 83.9 Å². The van der Waals surface area contributed by atoms with E-state index in [2.05, 4.69) is 15.0 Å². The van der Waals surface area contributed by atoms with E-state index in [-0.39, 0.29) is 17.4 Å². The molecule has 0 aliphatic carbocycles. The first-order chi connectivity index (χ1) is 13.2. The van der Waals surface area contributed by atoms with Gasteiger partial charge in [-0.3, -0.25) is 14.2 Å². The highest BCUT2D eigenvalue weighted by Crippen LogP contribution is 2.24. The Morgan fingerprint density at radius 1 is 1.26 bits per heavy atom. The second-order valence-electron chi connectivity index (χ2n) is 7.02. The van der Waals surface area contributed by atoms with Gasteiger partial charge >= 0.3 is 0 Å². The molecule has 0 bridgehead atoms. The van der Waals surface area contributed by atoms with Crippen LogP contribution in [0.1, 0.15) is 37.4 Å². The van der Waals surface area contributed by atoms with Crippen molar-refractivity contribution in [1.29, 1.82) is 0 Å². The van der Waals surface area contributed by atoms with Crippen LogP contribution < -0.4 is 5.56 Å². The number of hydrogen-bond donors (Lipinski definition) is 1. The van der Waals surface area contributed by atoms with Crippen LogP contribution in [0.4, 0.5) is 0 Å². The number of carbonyl (C=O) groups is 1. The number of likely N-dealkylation sites (tertiary alicyclic amines) is 1. The van der Waals surface area contributed by atoms with Crippen molar-refractivity contribution in [3.05, 3.63) is 59.2 Å². The lowest BCUT2D eigenvalue weighted by Gasteiger charge is -2.32. The summed E-state index contributed by atoms with van der Waals surface area (Å²) in [6.07, 6.45) is 8.26. The number of imidazole rings is 1. The summed E-state index contributed by atoms with van der Waals surface area (Å²) in [6.45, 7) is 2.01.